The van der Waals surface area contributed by atoms with Crippen LogP contribution in [-0.2, 0) is 17.6 Å². The molecule has 0 atom stereocenters. The molecule has 0 unspecified atom stereocenters. The van der Waals surface area contributed by atoms with Crippen molar-refractivity contribution in [3.63, 3.8) is 0 Å². The number of fused-ring (bicyclic) bond motifs is 1. The number of nitrogens with two attached hydrogens (primary N) is 1. The first kappa shape index (κ1) is 18.1. The number of hydrogen-bond acceptors (Lipinski definition) is 3. The Morgan fingerprint density at radius 1 is 1.21 bits per heavy atom. The second kappa shape index (κ2) is 8.06. The highest BCUT2D eigenvalue weighted by Crippen LogP contribution is 2.31. The van der Waals surface area contributed by atoms with Crippen LogP contribution in [0.15, 0.2) is 42.5 Å². The number of nitrogens with zero attached hydrogens (tertiary/aromatic N) is 1. The van der Waals surface area contributed by atoms with Gasteiger partial charge in [-0.15, -0.1) is 12.4 Å². The predicted molar refractivity (Wildman–Crippen MR) is 100 cm³/mol. The van der Waals surface area contributed by atoms with E-state index in [9.17, 15) is 4.79 Å². The summed E-state index contributed by atoms with van der Waals surface area (Å²) >= 11 is 0. The second-order valence-corrected chi connectivity index (χ2v) is 5.74. The molecule has 0 aromatic heterocycles. The van der Waals surface area contributed by atoms with Gasteiger partial charge < -0.3 is 15.4 Å². The summed E-state index contributed by atoms with van der Waals surface area (Å²) in [7, 11) is 0. The summed E-state index contributed by atoms with van der Waals surface area (Å²) in [5.74, 6) is 0.760. The monoisotopic (exact) mass is 346 g/mol. The molecule has 0 bridgehead atoms. The lowest BCUT2D eigenvalue weighted by Crippen LogP contribution is -2.38. The summed E-state index contributed by atoms with van der Waals surface area (Å²) in [6.45, 7) is 2.84. The number of ether oxygens (including phenoxy) is 1. The number of halogens is 1. The van der Waals surface area contributed by atoms with E-state index in [1.165, 1.54) is 0 Å². The van der Waals surface area contributed by atoms with Crippen LogP contribution in [0.5, 0.6) is 5.75 Å². The highest BCUT2D eigenvalue weighted by atomic mass is 35.5. The van der Waals surface area contributed by atoms with Gasteiger partial charge in [-0.1, -0.05) is 31.2 Å². The van der Waals surface area contributed by atoms with Gasteiger partial charge in [0.25, 0.3) is 5.91 Å². The lowest BCUT2D eigenvalue weighted by Gasteiger charge is -2.30. The van der Waals surface area contributed by atoms with Crippen LogP contribution in [0.25, 0.3) is 0 Å². The third kappa shape index (κ3) is 3.65. The van der Waals surface area contributed by atoms with Crippen molar-refractivity contribution < 1.29 is 9.53 Å². The number of rotatable bonds is 4. The molecule has 0 radical (unpaired) electrons. The first-order chi connectivity index (χ1) is 11.2. The number of carbonyl (C=O) groups excluding carboxylic acids is 1. The SMILES string of the molecule is CCc1ccccc1OCC(=O)N1CCCc2c(N)cccc21.Cl. The third-order valence-corrected chi connectivity index (χ3v) is 4.29. The van der Waals surface area contributed by atoms with Gasteiger partial charge in [-0.2, -0.15) is 0 Å². The minimum Gasteiger partial charge on any atom is -0.483 e. The van der Waals surface area contributed by atoms with Crippen LogP contribution >= 0.6 is 12.4 Å². The molecule has 0 fully saturated rings. The Hall–Kier alpha value is -2.20. The molecule has 1 heterocycles. The van der Waals surface area contributed by atoms with E-state index in [1.54, 1.807) is 4.90 Å². The normalized spacial score (nSPS) is 13.0. The molecular formula is C19H23ClN2O2. The van der Waals surface area contributed by atoms with Gasteiger partial charge in [-0.25, -0.2) is 0 Å². The van der Waals surface area contributed by atoms with E-state index >= 15 is 0 Å². The van der Waals surface area contributed by atoms with Crippen molar-refractivity contribution in [3.05, 3.63) is 53.6 Å². The Bertz CT molecular complexity index is 718. The van der Waals surface area contributed by atoms with Gasteiger partial charge in [-0.05, 0) is 48.6 Å². The Labute approximate surface area is 149 Å². The van der Waals surface area contributed by atoms with E-state index in [0.29, 0.717) is 6.54 Å². The van der Waals surface area contributed by atoms with Crippen molar-refractivity contribution in [1.82, 2.24) is 0 Å². The van der Waals surface area contributed by atoms with Crippen LogP contribution in [-0.4, -0.2) is 19.1 Å². The lowest BCUT2D eigenvalue weighted by molar-refractivity contribution is -0.120. The van der Waals surface area contributed by atoms with E-state index in [4.69, 9.17) is 10.5 Å². The molecule has 2 N–H and O–H groups in total. The van der Waals surface area contributed by atoms with Crippen molar-refractivity contribution in [2.24, 2.45) is 0 Å². The van der Waals surface area contributed by atoms with Crippen molar-refractivity contribution in [2.45, 2.75) is 26.2 Å². The fourth-order valence-corrected chi connectivity index (χ4v) is 3.06. The second-order valence-electron chi connectivity index (χ2n) is 5.74. The molecule has 0 saturated carbocycles. The van der Waals surface area contributed by atoms with Crippen LogP contribution in [0.1, 0.15) is 24.5 Å². The number of aryl methyl sites for hydroxylation is 1. The summed E-state index contributed by atoms with van der Waals surface area (Å²) in [5, 5.41) is 0. The summed E-state index contributed by atoms with van der Waals surface area (Å²) < 4.78 is 5.77. The van der Waals surface area contributed by atoms with E-state index in [2.05, 4.69) is 6.92 Å². The molecule has 1 amide bonds. The van der Waals surface area contributed by atoms with Crippen LogP contribution in [0.3, 0.4) is 0 Å². The van der Waals surface area contributed by atoms with Crippen LogP contribution < -0.4 is 15.4 Å². The standard InChI is InChI=1S/C19H22N2O2.ClH/c1-2-14-7-3-4-11-18(14)23-13-19(22)21-12-6-8-15-16(20)9-5-10-17(15)21;/h3-5,7,9-11H,2,6,8,12-13,20H2,1H3;1H. The fraction of sp³-hybridized carbons (Fsp3) is 0.316. The minimum atomic E-state index is -0.0255. The molecule has 0 saturated heterocycles. The van der Waals surface area contributed by atoms with E-state index < -0.39 is 0 Å². The van der Waals surface area contributed by atoms with Gasteiger partial charge in [0.1, 0.15) is 5.75 Å². The highest BCUT2D eigenvalue weighted by Gasteiger charge is 2.24. The quantitative estimate of drug-likeness (QED) is 0.860. The largest absolute Gasteiger partial charge is 0.483 e. The molecule has 2 aromatic rings. The van der Waals surface area contributed by atoms with Crippen LogP contribution in [0.4, 0.5) is 11.4 Å². The predicted octanol–water partition coefficient (Wildman–Crippen LogP) is 3.61. The number of anilines is 2. The summed E-state index contributed by atoms with van der Waals surface area (Å²) in [6, 6.07) is 13.6. The third-order valence-electron chi connectivity index (χ3n) is 4.29. The molecule has 3 rings (SSSR count). The molecule has 0 spiro atoms. The number of para-hydroxylation sites is 1. The van der Waals surface area contributed by atoms with E-state index in [1.807, 2.05) is 42.5 Å². The number of nitrogen functional groups attached to an aromatic ring is 1. The number of carbonyl (C=O) groups is 1. The van der Waals surface area contributed by atoms with Gasteiger partial charge >= 0.3 is 0 Å². The van der Waals surface area contributed by atoms with E-state index in [-0.39, 0.29) is 24.9 Å². The summed E-state index contributed by atoms with van der Waals surface area (Å²) in [6.07, 6.45) is 2.73. The van der Waals surface area contributed by atoms with Gasteiger partial charge in [-0.3, -0.25) is 4.79 Å². The van der Waals surface area contributed by atoms with Crippen LogP contribution in [0.2, 0.25) is 0 Å². The Balaban J connectivity index is 0.00000208. The average Bonchev–Trinajstić information content (AvgIpc) is 2.60. The fourth-order valence-electron chi connectivity index (χ4n) is 3.06. The van der Waals surface area contributed by atoms with Gasteiger partial charge in [0, 0.05) is 17.9 Å². The van der Waals surface area contributed by atoms with Crippen molar-refractivity contribution in [2.75, 3.05) is 23.8 Å². The molecule has 1 aliphatic heterocycles. The smallest absolute Gasteiger partial charge is 0.264 e. The van der Waals surface area contributed by atoms with E-state index in [0.717, 1.165) is 47.5 Å². The molecule has 1 aliphatic rings. The maximum Gasteiger partial charge on any atom is 0.264 e. The first-order valence-electron chi connectivity index (χ1n) is 8.09. The molecule has 0 aliphatic carbocycles. The average molecular weight is 347 g/mol. The summed E-state index contributed by atoms with van der Waals surface area (Å²) in [5.41, 5.74) is 9.91. The molecule has 128 valence electrons. The van der Waals surface area contributed by atoms with Crippen molar-refractivity contribution >= 4 is 29.7 Å². The van der Waals surface area contributed by atoms with Crippen molar-refractivity contribution in [1.29, 1.82) is 0 Å². The zero-order valence-corrected chi connectivity index (χ0v) is 14.6. The zero-order chi connectivity index (χ0) is 16.2. The Morgan fingerprint density at radius 3 is 2.79 bits per heavy atom. The Morgan fingerprint density at radius 2 is 2.00 bits per heavy atom. The van der Waals surface area contributed by atoms with Gasteiger partial charge in [0.05, 0.1) is 0 Å². The molecule has 24 heavy (non-hydrogen) atoms. The number of amides is 1. The molecular weight excluding hydrogens is 324 g/mol. The zero-order valence-electron chi connectivity index (χ0n) is 13.8. The molecule has 5 heteroatoms. The first-order valence-corrected chi connectivity index (χ1v) is 8.09. The highest BCUT2D eigenvalue weighted by molar-refractivity contribution is 5.96. The number of benzene rings is 2. The van der Waals surface area contributed by atoms with Crippen LogP contribution in [0, 0.1) is 0 Å². The Kier molecular flexibility index (Phi) is 6.10. The summed E-state index contributed by atoms with van der Waals surface area (Å²) in [4.78, 5) is 14.4. The van der Waals surface area contributed by atoms with Gasteiger partial charge in [0.2, 0.25) is 0 Å². The number of hydrogen-bond donors (Lipinski definition) is 1. The van der Waals surface area contributed by atoms with Crippen molar-refractivity contribution in [3.8, 4) is 5.75 Å². The molecule has 2 aromatic carbocycles. The topological polar surface area (TPSA) is 55.6 Å². The lowest BCUT2D eigenvalue weighted by atomic mass is 10.00. The maximum absolute atomic E-state index is 12.6. The molecule has 4 nitrogen and oxygen atoms in total. The maximum atomic E-state index is 12.6. The van der Waals surface area contributed by atoms with Gasteiger partial charge in [0.15, 0.2) is 6.61 Å². The minimum absolute atomic E-state index is 0.